The molecule has 0 aromatic heterocycles. The van der Waals surface area contributed by atoms with Gasteiger partial charge in [-0.3, -0.25) is 14.9 Å². The second-order valence-electron chi connectivity index (χ2n) is 4.01. The second kappa shape index (κ2) is 4.58. The molecule has 0 aliphatic carbocycles. The van der Waals surface area contributed by atoms with Crippen LogP contribution in [0.2, 0.25) is 5.02 Å². The number of hydrogen-bond donors (Lipinski definition) is 2. The minimum atomic E-state index is -1.13. The SMILES string of the molecule is CC(C)(Nc1c(Cl)cccc1[N+](=O)[O-])C(N)=O. The van der Waals surface area contributed by atoms with Crippen molar-refractivity contribution in [2.24, 2.45) is 5.73 Å². The molecule has 0 saturated carbocycles. The standard InChI is InChI=1S/C10H12ClN3O3/c1-10(2,9(12)15)13-8-6(11)4-3-5-7(8)14(16)17/h3-5,13H,1-2H3,(H2,12,15). The van der Waals surface area contributed by atoms with Crippen LogP contribution in [-0.2, 0) is 4.79 Å². The molecule has 0 radical (unpaired) electrons. The van der Waals surface area contributed by atoms with Crippen LogP contribution in [0.5, 0.6) is 0 Å². The highest BCUT2D eigenvalue weighted by molar-refractivity contribution is 6.33. The Balaban J connectivity index is 3.22. The summed E-state index contributed by atoms with van der Waals surface area (Å²) in [6, 6.07) is 4.25. The third kappa shape index (κ3) is 2.85. The first-order chi connectivity index (χ1) is 7.75. The summed E-state index contributed by atoms with van der Waals surface area (Å²) in [5.41, 5.74) is 3.93. The van der Waals surface area contributed by atoms with Crippen molar-refractivity contribution in [3.05, 3.63) is 33.3 Å². The second-order valence-corrected chi connectivity index (χ2v) is 4.41. The Labute approximate surface area is 103 Å². The zero-order valence-corrected chi connectivity index (χ0v) is 10.1. The summed E-state index contributed by atoms with van der Waals surface area (Å²) < 4.78 is 0. The summed E-state index contributed by atoms with van der Waals surface area (Å²) in [6.45, 7) is 3.03. The molecule has 17 heavy (non-hydrogen) atoms. The van der Waals surface area contributed by atoms with Crippen molar-refractivity contribution in [3.63, 3.8) is 0 Å². The molecule has 0 fully saturated rings. The number of amides is 1. The van der Waals surface area contributed by atoms with Crippen molar-refractivity contribution in [2.75, 3.05) is 5.32 Å². The molecule has 0 spiro atoms. The quantitative estimate of drug-likeness (QED) is 0.636. The van der Waals surface area contributed by atoms with Crippen LogP contribution in [0.15, 0.2) is 18.2 Å². The molecule has 3 N–H and O–H groups in total. The predicted molar refractivity (Wildman–Crippen MR) is 65.0 cm³/mol. The molecule has 1 rings (SSSR count). The van der Waals surface area contributed by atoms with E-state index >= 15 is 0 Å². The average molecular weight is 258 g/mol. The lowest BCUT2D eigenvalue weighted by atomic mass is 10.0. The van der Waals surface area contributed by atoms with E-state index in [4.69, 9.17) is 17.3 Å². The van der Waals surface area contributed by atoms with Crippen LogP contribution in [0.25, 0.3) is 0 Å². The first kappa shape index (κ1) is 13.2. The molecule has 1 amide bonds. The van der Waals surface area contributed by atoms with Gasteiger partial charge in [-0.05, 0) is 19.9 Å². The molecular formula is C10H12ClN3O3. The third-order valence-electron chi connectivity index (χ3n) is 2.24. The van der Waals surface area contributed by atoms with Gasteiger partial charge in [0.05, 0.1) is 9.95 Å². The highest BCUT2D eigenvalue weighted by atomic mass is 35.5. The zero-order valence-electron chi connectivity index (χ0n) is 9.36. The number of carbonyl (C=O) groups is 1. The Bertz CT molecular complexity index is 474. The maximum atomic E-state index is 11.2. The Morgan fingerprint density at radius 2 is 2.12 bits per heavy atom. The van der Waals surface area contributed by atoms with Crippen LogP contribution in [0, 0.1) is 10.1 Å². The number of halogens is 1. The van der Waals surface area contributed by atoms with Gasteiger partial charge in [0.15, 0.2) is 0 Å². The van der Waals surface area contributed by atoms with Crippen molar-refractivity contribution in [3.8, 4) is 0 Å². The van der Waals surface area contributed by atoms with Gasteiger partial charge < -0.3 is 11.1 Å². The Hall–Kier alpha value is -1.82. The number of para-hydroxylation sites is 1. The normalized spacial score (nSPS) is 11.0. The van der Waals surface area contributed by atoms with Gasteiger partial charge in [-0.1, -0.05) is 17.7 Å². The van der Waals surface area contributed by atoms with E-state index in [2.05, 4.69) is 5.32 Å². The summed E-state index contributed by atoms with van der Waals surface area (Å²) >= 11 is 5.87. The number of nitro groups is 1. The number of nitrogens with one attached hydrogen (secondary N) is 1. The molecule has 0 saturated heterocycles. The minimum Gasteiger partial charge on any atom is -0.368 e. The maximum Gasteiger partial charge on any atom is 0.293 e. The molecule has 0 bridgehead atoms. The van der Waals surface area contributed by atoms with Gasteiger partial charge in [0.2, 0.25) is 5.91 Å². The Morgan fingerprint density at radius 3 is 2.59 bits per heavy atom. The molecule has 6 nitrogen and oxygen atoms in total. The van der Waals surface area contributed by atoms with Gasteiger partial charge in [-0.15, -0.1) is 0 Å². The van der Waals surface area contributed by atoms with Crippen LogP contribution < -0.4 is 11.1 Å². The predicted octanol–water partition coefficient (Wildman–Crippen LogP) is 1.92. The molecule has 0 heterocycles. The number of rotatable bonds is 4. The van der Waals surface area contributed by atoms with Gasteiger partial charge in [-0.2, -0.15) is 0 Å². The molecule has 92 valence electrons. The summed E-state index contributed by atoms with van der Waals surface area (Å²) in [5.74, 6) is -0.633. The highest BCUT2D eigenvalue weighted by Crippen LogP contribution is 2.33. The van der Waals surface area contributed by atoms with E-state index in [1.54, 1.807) is 0 Å². The van der Waals surface area contributed by atoms with Crippen molar-refractivity contribution in [2.45, 2.75) is 19.4 Å². The van der Waals surface area contributed by atoms with Crippen molar-refractivity contribution >= 4 is 28.9 Å². The molecule has 1 aromatic carbocycles. The molecule has 0 aliphatic rings. The first-order valence-electron chi connectivity index (χ1n) is 4.76. The van der Waals surface area contributed by atoms with Gasteiger partial charge in [0.25, 0.3) is 5.69 Å². The van der Waals surface area contributed by atoms with Crippen LogP contribution in [-0.4, -0.2) is 16.4 Å². The van der Waals surface area contributed by atoms with Crippen molar-refractivity contribution in [1.82, 2.24) is 0 Å². The summed E-state index contributed by atoms with van der Waals surface area (Å²) in [6.07, 6.45) is 0. The molecule has 0 unspecified atom stereocenters. The molecule has 1 aromatic rings. The van der Waals surface area contributed by atoms with E-state index in [0.717, 1.165) is 0 Å². The van der Waals surface area contributed by atoms with Crippen LogP contribution in [0.1, 0.15) is 13.8 Å². The van der Waals surface area contributed by atoms with E-state index in [1.165, 1.54) is 32.0 Å². The summed E-state index contributed by atoms with van der Waals surface area (Å²) in [5, 5.41) is 13.7. The van der Waals surface area contributed by atoms with E-state index in [0.29, 0.717) is 0 Å². The Morgan fingerprint density at radius 1 is 1.53 bits per heavy atom. The number of carbonyl (C=O) groups excluding carboxylic acids is 1. The van der Waals surface area contributed by atoms with Gasteiger partial charge >= 0.3 is 0 Å². The molecule has 7 heteroatoms. The summed E-state index contributed by atoms with van der Waals surface area (Å²) in [4.78, 5) is 21.4. The number of nitro benzene ring substituents is 1. The van der Waals surface area contributed by atoms with Crippen molar-refractivity contribution in [1.29, 1.82) is 0 Å². The van der Waals surface area contributed by atoms with Gasteiger partial charge in [-0.25, -0.2) is 0 Å². The zero-order chi connectivity index (χ0) is 13.2. The fraction of sp³-hybridized carbons (Fsp3) is 0.300. The van der Waals surface area contributed by atoms with Crippen molar-refractivity contribution < 1.29 is 9.72 Å². The molecule has 0 atom stereocenters. The third-order valence-corrected chi connectivity index (χ3v) is 2.56. The topological polar surface area (TPSA) is 98.3 Å². The number of nitrogens with zero attached hydrogens (tertiary/aromatic N) is 1. The van der Waals surface area contributed by atoms with Crippen LogP contribution in [0.3, 0.4) is 0 Å². The minimum absolute atomic E-state index is 0.0861. The lowest BCUT2D eigenvalue weighted by Gasteiger charge is -2.23. The number of anilines is 1. The number of primary amides is 1. The lowest BCUT2D eigenvalue weighted by Crippen LogP contribution is -2.45. The van der Waals surface area contributed by atoms with Gasteiger partial charge in [0.1, 0.15) is 11.2 Å². The Kier molecular flexibility index (Phi) is 3.57. The number of nitrogens with two attached hydrogens (primary N) is 1. The van der Waals surface area contributed by atoms with E-state index in [9.17, 15) is 14.9 Å². The highest BCUT2D eigenvalue weighted by Gasteiger charge is 2.29. The van der Waals surface area contributed by atoms with E-state index in [-0.39, 0.29) is 16.4 Å². The largest absolute Gasteiger partial charge is 0.368 e. The van der Waals surface area contributed by atoms with Crippen LogP contribution in [0.4, 0.5) is 11.4 Å². The number of hydrogen-bond acceptors (Lipinski definition) is 4. The average Bonchev–Trinajstić information content (AvgIpc) is 2.20. The fourth-order valence-corrected chi connectivity index (χ4v) is 1.38. The van der Waals surface area contributed by atoms with Crippen LogP contribution >= 0.6 is 11.6 Å². The van der Waals surface area contributed by atoms with Gasteiger partial charge in [0, 0.05) is 6.07 Å². The molecule has 0 aliphatic heterocycles. The molecular weight excluding hydrogens is 246 g/mol. The monoisotopic (exact) mass is 257 g/mol. The smallest absolute Gasteiger partial charge is 0.293 e. The fourth-order valence-electron chi connectivity index (χ4n) is 1.16. The number of benzene rings is 1. The lowest BCUT2D eigenvalue weighted by molar-refractivity contribution is -0.384. The summed E-state index contributed by atoms with van der Waals surface area (Å²) in [7, 11) is 0. The maximum absolute atomic E-state index is 11.2. The van der Waals surface area contributed by atoms with E-state index < -0.39 is 16.4 Å². The first-order valence-corrected chi connectivity index (χ1v) is 5.14. The van der Waals surface area contributed by atoms with E-state index in [1.807, 2.05) is 0 Å².